The molecule has 96 valence electrons. The number of aryl methyl sites for hydroxylation is 2. The third kappa shape index (κ3) is 3.05. The summed E-state index contributed by atoms with van der Waals surface area (Å²) in [6.07, 6.45) is 0. The smallest absolute Gasteiger partial charge is 0.243 e. The van der Waals surface area contributed by atoms with Gasteiger partial charge >= 0.3 is 0 Å². The summed E-state index contributed by atoms with van der Waals surface area (Å²) in [6.45, 7) is 5.80. The first-order valence-corrected chi connectivity index (χ1v) is 6.04. The first-order valence-electron chi connectivity index (χ1n) is 6.04. The largest absolute Gasteiger partial charge is 0.346 e. The first-order chi connectivity index (χ1) is 9.10. The second kappa shape index (κ2) is 5.44. The molecule has 0 bridgehead atoms. The van der Waals surface area contributed by atoms with Gasteiger partial charge in [0.1, 0.15) is 0 Å². The summed E-state index contributed by atoms with van der Waals surface area (Å²) >= 11 is 0. The van der Waals surface area contributed by atoms with E-state index >= 15 is 0 Å². The van der Waals surface area contributed by atoms with Gasteiger partial charge in [0.15, 0.2) is 0 Å². The predicted molar refractivity (Wildman–Crippen MR) is 72.5 cm³/mol. The summed E-state index contributed by atoms with van der Waals surface area (Å²) < 4.78 is 0. The zero-order chi connectivity index (χ0) is 13.8. The van der Waals surface area contributed by atoms with Crippen molar-refractivity contribution in [2.24, 2.45) is 0 Å². The maximum atomic E-state index is 8.76. The van der Waals surface area contributed by atoms with Crippen molar-refractivity contribution in [2.75, 3.05) is 5.32 Å². The highest BCUT2D eigenvalue weighted by Crippen LogP contribution is 2.17. The maximum Gasteiger partial charge on any atom is 0.243 e. The van der Waals surface area contributed by atoms with Crippen molar-refractivity contribution in [2.45, 2.75) is 26.8 Å². The van der Waals surface area contributed by atoms with E-state index in [1.165, 1.54) is 0 Å². The average molecular weight is 253 g/mol. The van der Waals surface area contributed by atoms with Gasteiger partial charge in [-0.2, -0.15) is 10.4 Å². The molecule has 0 amide bonds. The monoisotopic (exact) mass is 253 g/mol. The second-order valence-electron chi connectivity index (χ2n) is 4.41. The zero-order valence-electron chi connectivity index (χ0n) is 11.2. The van der Waals surface area contributed by atoms with Gasteiger partial charge in [-0.05, 0) is 38.5 Å². The van der Waals surface area contributed by atoms with E-state index in [4.69, 9.17) is 5.26 Å². The third-order valence-corrected chi connectivity index (χ3v) is 2.98. The molecule has 2 rings (SSSR count). The van der Waals surface area contributed by atoms with Gasteiger partial charge in [0, 0.05) is 0 Å². The molecule has 1 aromatic heterocycles. The molecule has 0 aliphatic carbocycles. The van der Waals surface area contributed by atoms with Gasteiger partial charge in [-0.1, -0.05) is 12.1 Å². The molecule has 2 aromatic rings. The second-order valence-corrected chi connectivity index (χ2v) is 4.41. The van der Waals surface area contributed by atoms with Crippen LogP contribution in [-0.2, 0) is 0 Å². The lowest BCUT2D eigenvalue weighted by atomic mass is 10.1. The molecule has 19 heavy (non-hydrogen) atoms. The minimum absolute atomic E-state index is 0.0525. The van der Waals surface area contributed by atoms with Crippen LogP contribution in [0, 0.1) is 25.2 Å². The number of rotatable bonds is 3. The Balaban J connectivity index is 2.13. The molecule has 0 fully saturated rings. The van der Waals surface area contributed by atoms with Crippen LogP contribution < -0.4 is 5.32 Å². The van der Waals surface area contributed by atoms with Gasteiger partial charge in [0.25, 0.3) is 0 Å². The van der Waals surface area contributed by atoms with Crippen molar-refractivity contribution >= 4 is 5.95 Å². The fourth-order valence-electron chi connectivity index (χ4n) is 1.64. The molecule has 1 unspecified atom stereocenters. The van der Waals surface area contributed by atoms with Crippen LogP contribution in [0.2, 0.25) is 0 Å². The summed E-state index contributed by atoms with van der Waals surface area (Å²) in [7, 11) is 0. The Morgan fingerprint density at radius 2 is 1.79 bits per heavy atom. The molecule has 1 atom stereocenters. The molecule has 1 N–H and O–H groups in total. The van der Waals surface area contributed by atoms with Crippen molar-refractivity contribution in [3.8, 4) is 6.07 Å². The number of nitrogens with zero attached hydrogens (tertiary/aromatic N) is 4. The topological polar surface area (TPSA) is 74.5 Å². The van der Waals surface area contributed by atoms with Crippen LogP contribution in [0.5, 0.6) is 0 Å². The Hall–Kier alpha value is -2.48. The normalized spacial score (nSPS) is 11.7. The van der Waals surface area contributed by atoms with Crippen LogP contribution in [0.25, 0.3) is 0 Å². The summed E-state index contributed by atoms with van der Waals surface area (Å²) in [5.41, 5.74) is 3.42. The number of hydrogen-bond donors (Lipinski definition) is 1. The van der Waals surface area contributed by atoms with Crippen molar-refractivity contribution in [3.63, 3.8) is 0 Å². The molecule has 0 saturated carbocycles. The van der Waals surface area contributed by atoms with Crippen LogP contribution in [0.4, 0.5) is 5.95 Å². The summed E-state index contributed by atoms with van der Waals surface area (Å²) in [4.78, 5) is 4.33. The molecule has 0 saturated heterocycles. The Bertz CT molecular complexity index is 613. The molecule has 5 nitrogen and oxygen atoms in total. The summed E-state index contributed by atoms with van der Waals surface area (Å²) in [5, 5.41) is 20.0. The standard InChI is InChI=1S/C14H15N5/c1-9-10(2)18-19-14(16-9)17-11(3)13-6-4-12(8-15)5-7-13/h4-7,11H,1-3H3,(H,16,17,19). The molecule has 5 heteroatoms. The molecule has 0 aliphatic heterocycles. The molecule has 0 spiro atoms. The molecule has 0 aliphatic rings. The Kier molecular flexibility index (Phi) is 3.71. The lowest BCUT2D eigenvalue weighted by molar-refractivity contribution is 0.821. The van der Waals surface area contributed by atoms with Crippen LogP contribution in [0.1, 0.15) is 35.5 Å². The highest BCUT2D eigenvalue weighted by Gasteiger charge is 2.08. The highest BCUT2D eigenvalue weighted by atomic mass is 15.2. The van der Waals surface area contributed by atoms with Crippen LogP contribution in [-0.4, -0.2) is 15.2 Å². The van der Waals surface area contributed by atoms with Crippen LogP contribution in [0.15, 0.2) is 24.3 Å². The minimum atomic E-state index is 0.0525. The van der Waals surface area contributed by atoms with E-state index in [0.29, 0.717) is 11.5 Å². The van der Waals surface area contributed by atoms with Gasteiger partial charge in [-0.3, -0.25) is 0 Å². The van der Waals surface area contributed by atoms with E-state index in [0.717, 1.165) is 17.0 Å². The molecule has 1 heterocycles. The van der Waals surface area contributed by atoms with Gasteiger partial charge in [-0.15, -0.1) is 5.10 Å². The molecule has 0 radical (unpaired) electrons. The van der Waals surface area contributed by atoms with E-state index in [1.54, 1.807) is 12.1 Å². The van der Waals surface area contributed by atoms with Crippen molar-refractivity contribution in [1.82, 2.24) is 15.2 Å². The molecule has 1 aromatic carbocycles. The number of nitrogens with one attached hydrogen (secondary N) is 1. The number of hydrogen-bond acceptors (Lipinski definition) is 5. The van der Waals surface area contributed by atoms with Gasteiger partial charge in [-0.25, -0.2) is 4.98 Å². The lowest BCUT2D eigenvalue weighted by Crippen LogP contribution is -2.11. The van der Waals surface area contributed by atoms with Gasteiger partial charge < -0.3 is 5.32 Å². The van der Waals surface area contributed by atoms with Crippen LogP contribution in [0.3, 0.4) is 0 Å². The molecular weight excluding hydrogens is 238 g/mol. The Labute approximate surface area is 112 Å². The first kappa shape index (κ1) is 13.0. The third-order valence-electron chi connectivity index (χ3n) is 2.98. The maximum absolute atomic E-state index is 8.76. The minimum Gasteiger partial charge on any atom is -0.346 e. The van der Waals surface area contributed by atoms with E-state index in [2.05, 4.69) is 26.6 Å². The molecular formula is C14H15N5. The Morgan fingerprint density at radius 3 is 2.37 bits per heavy atom. The van der Waals surface area contributed by atoms with Crippen molar-refractivity contribution in [3.05, 3.63) is 46.8 Å². The number of aromatic nitrogens is 3. The average Bonchev–Trinajstić information content (AvgIpc) is 2.43. The predicted octanol–water partition coefficient (Wildman–Crippen LogP) is 2.53. The number of anilines is 1. The van der Waals surface area contributed by atoms with E-state index in [-0.39, 0.29) is 6.04 Å². The fourth-order valence-corrected chi connectivity index (χ4v) is 1.64. The van der Waals surface area contributed by atoms with Gasteiger partial charge in [0.2, 0.25) is 5.95 Å². The summed E-state index contributed by atoms with van der Waals surface area (Å²) in [5.74, 6) is 0.514. The van der Waals surface area contributed by atoms with Crippen molar-refractivity contribution in [1.29, 1.82) is 5.26 Å². The van der Waals surface area contributed by atoms with E-state index in [1.807, 2.05) is 32.9 Å². The summed E-state index contributed by atoms with van der Waals surface area (Å²) in [6, 6.07) is 9.59. The zero-order valence-corrected chi connectivity index (χ0v) is 11.2. The fraction of sp³-hybridized carbons (Fsp3) is 0.286. The van der Waals surface area contributed by atoms with Crippen LogP contribution >= 0.6 is 0 Å². The van der Waals surface area contributed by atoms with Crippen molar-refractivity contribution < 1.29 is 0 Å². The number of benzene rings is 1. The number of nitriles is 1. The Morgan fingerprint density at radius 1 is 1.11 bits per heavy atom. The highest BCUT2D eigenvalue weighted by molar-refractivity contribution is 5.36. The van der Waals surface area contributed by atoms with E-state index < -0.39 is 0 Å². The lowest BCUT2D eigenvalue weighted by Gasteiger charge is -2.14. The SMILES string of the molecule is Cc1nnc(NC(C)c2ccc(C#N)cc2)nc1C. The van der Waals surface area contributed by atoms with E-state index in [9.17, 15) is 0 Å². The quantitative estimate of drug-likeness (QED) is 0.909. The van der Waals surface area contributed by atoms with Gasteiger partial charge in [0.05, 0.1) is 29.1 Å².